The minimum atomic E-state index is -1.21. The van der Waals surface area contributed by atoms with Gasteiger partial charge in [0.2, 0.25) is 0 Å². The maximum Gasteiger partial charge on any atom is 0.308 e. The van der Waals surface area contributed by atoms with Gasteiger partial charge in [-0.25, -0.2) is 0 Å². The van der Waals surface area contributed by atoms with E-state index in [4.69, 9.17) is 5.11 Å². The molecule has 106 valence electrons. The summed E-state index contributed by atoms with van der Waals surface area (Å²) in [6.45, 7) is 0.0646. The molecule has 0 spiro atoms. The molecule has 0 aliphatic carbocycles. The Balaban J connectivity index is 2.79. The SMILES string of the molecule is COC(=O)CC(O)C(O)c1ccccc1CCCO. The lowest BCUT2D eigenvalue weighted by Gasteiger charge is -2.20. The second-order valence-corrected chi connectivity index (χ2v) is 4.32. The van der Waals surface area contributed by atoms with Crippen LogP contribution in [0.2, 0.25) is 0 Å². The van der Waals surface area contributed by atoms with E-state index < -0.39 is 18.2 Å². The van der Waals surface area contributed by atoms with Crippen LogP contribution >= 0.6 is 0 Å². The summed E-state index contributed by atoms with van der Waals surface area (Å²) in [6, 6.07) is 7.12. The molecule has 5 nitrogen and oxygen atoms in total. The van der Waals surface area contributed by atoms with Crippen molar-refractivity contribution in [2.45, 2.75) is 31.5 Å². The Morgan fingerprint density at radius 1 is 1.32 bits per heavy atom. The molecular weight excluding hydrogens is 248 g/mol. The number of aryl methyl sites for hydroxylation is 1. The first kappa shape index (κ1) is 15.6. The van der Waals surface area contributed by atoms with Crippen LogP contribution in [0.15, 0.2) is 24.3 Å². The Kier molecular flexibility index (Phi) is 6.49. The molecule has 0 fully saturated rings. The van der Waals surface area contributed by atoms with E-state index in [0.29, 0.717) is 18.4 Å². The summed E-state index contributed by atoms with van der Waals surface area (Å²) in [5.74, 6) is -0.570. The monoisotopic (exact) mass is 268 g/mol. The summed E-state index contributed by atoms with van der Waals surface area (Å²) in [5.41, 5.74) is 1.43. The van der Waals surface area contributed by atoms with E-state index in [9.17, 15) is 15.0 Å². The normalized spacial score (nSPS) is 13.9. The van der Waals surface area contributed by atoms with E-state index in [2.05, 4.69) is 4.74 Å². The van der Waals surface area contributed by atoms with Crippen LogP contribution in [0, 0.1) is 0 Å². The third-order valence-corrected chi connectivity index (χ3v) is 2.95. The molecule has 1 aromatic rings. The van der Waals surface area contributed by atoms with Gasteiger partial charge in [-0.2, -0.15) is 0 Å². The van der Waals surface area contributed by atoms with Crippen LogP contribution in [0.1, 0.15) is 30.1 Å². The Morgan fingerprint density at radius 3 is 2.63 bits per heavy atom. The van der Waals surface area contributed by atoms with E-state index in [0.717, 1.165) is 5.56 Å². The topological polar surface area (TPSA) is 87.0 Å². The van der Waals surface area contributed by atoms with Crippen LogP contribution in [0.25, 0.3) is 0 Å². The summed E-state index contributed by atoms with van der Waals surface area (Å²) >= 11 is 0. The molecular formula is C14H20O5. The first-order chi connectivity index (χ1) is 9.10. The van der Waals surface area contributed by atoms with Gasteiger partial charge < -0.3 is 20.1 Å². The molecule has 0 saturated carbocycles. The summed E-state index contributed by atoms with van der Waals surface area (Å²) in [5, 5.41) is 28.8. The number of methoxy groups -OCH3 is 1. The predicted molar refractivity (Wildman–Crippen MR) is 69.4 cm³/mol. The van der Waals surface area contributed by atoms with E-state index in [1.54, 1.807) is 12.1 Å². The van der Waals surface area contributed by atoms with Gasteiger partial charge in [0.1, 0.15) is 6.10 Å². The zero-order valence-corrected chi connectivity index (χ0v) is 11.0. The van der Waals surface area contributed by atoms with Gasteiger partial charge in [0.25, 0.3) is 0 Å². The highest BCUT2D eigenvalue weighted by molar-refractivity contribution is 5.69. The third kappa shape index (κ3) is 4.63. The second kappa shape index (κ2) is 7.89. The highest BCUT2D eigenvalue weighted by atomic mass is 16.5. The lowest BCUT2D eigenvalue weighted by molar-refractivity contribution is -0.144. The van der Waals surface area contributed by atoms with Crippen molar-refractivity contribution in [3.63, 3.8) is 0 Å². The van der Waals surface area contributed by atoms with Crippen molar-refractivity contribution in [2.75, 3.05) is 13.7 Å². The molecule has 0 aliphatic rings. The molecule has 1 aromatic carbocycles. The maximum absolute atomic E-state index is 11.1. The molecule has 2 unspecified atom stereocenters. The van der Waals surface area contributed by atoms with Gasteiger partial charge in [-0.05, 0) is 24.0 Å². The second-order valence-electron chi connectivity index (χ2n) is 4.32. The fourth-order valence-corrected chi connectivity index (χ4v) is 1.89. The molecule has 3 N–H and O–H groups in total. The highest BCUT2D eigenvalue weighted by Crippen LogP contribution is 2.24. The number of ether oxygens (including phenoxy) is 1. The molecule has 2 atom stereocenters. The average Bonchev–Trinajstić information content (AvgIpc) is 2.44. The molecule has 5 heteroatoms. The number of esters is 1. The number of benzene rings is 1. The van der Waals surface area contributed by atoms with Gasteiger partial charge >= 0.3 is 5.97 Å². The van der Waals surface area contributed by atoms with Crippen LogP contribution in [-0.2, 0) is 16.0 Å². The molecule has 0 aliphatic heterocycles. The fraction of sp³-hybridized carbons (Fsp3) is 0.500. The van der Waals surface area contributed by atoms with Crippen LogP contribution < -0.4 is 0 Å². The Morgan fingerprint density at radius 2 is 2.00 bits per heavy atom. The first-order valence-corrected chi connectivity index (χ1v) is 6.21. The van der Waals surface area contributed by atoms with E-state index in [1.165, 1.54) is 7.11 Å². The van der Waals surface area contributed by atoms with Crippen LogP contribution in [0.4, 0.5) is 0 Å². The van der Waals surface area contributed by atoms with Crippen molar-refractivity contribution in [1.82, 2.24) is 0 Å². The molecule has 1 rings (SSSR count). The Labute approximate surface area is 112 Å². The summed E-state index contributed by atoms with van der Waals surface area (Å²) in [7, 11) is 1.23. The van der Waals surface area contributed by atoms with Gasteiger partial charge in [0, 0.05) is 6.61 Å². The van der Waals surface area contributed by atoms with Crippen molar-refractivity contribution in [2.24, 2.45) is 0 Å². The van der Waals surface area contributed by atoms with Gasteiger partial charge in [-0.3, -0.25) is 4.79 Å². The number of carbonyl (C=O) groups excluding carboxylic acids is 1. The largest absolute Gasteiger partial charge is 0.469 e. The van der Waals surface area contributed by atoms with Gasteiger partial charge in [0.05, 0.1) is 19.6 Å². The summed E-state index contributed by atoms with van der Waals surface area (Å²) < 4.78 is 4.46. The van der Waals surface area contributed by atoms with Crippen LogP contribution in [0.5, 0.6) is 0 Å². The van der Waals surface area contributed by atoms with Crippen LogP contribution in [-0.4, -0.2) is 41.1 Å². The van der Waals surface area contributed by atoms with E-state index >= 15 is 0 Å². The summed E-state index contributed by atoms with van der Waals surface area (Å²) in [6.07, 6.45) is -1.42. The standard InChI is InChI=1S/C14H20O5/c1-19-13(17)9-12(16)14(18)11-7-3-2-5-10(11)6-4-8-15/h2-3,5,7,12,14-16,18H,4,6,8-9H2,1H3. The molecule has 0 heterocycles. The minimum Gasteiger partial charge on any atom is -0.469 e. The van der Waals surface area contributed by atoms with Gasteiger partial charge in [-0.1, -0.05) is 24.3 Å². The lowest BCUT2D eigenvalue weighted by atomic mass is 9.95. The van der Waals surface area contributed by atoms with Crippen molar-refractivity contribution in [3.8, 4) is 0 Å². The Bertz CT molecular complexity index is 405. The van der Waals surface area contributed by atoms with Gasteiger partial charge in [0.15, 0.2) is 0 Å². The van der Waals surface area contributed by atoms with Crippen molar-refractivity contribution >= 4 is 5.97 Å². The van der Waals surface area contributed by atoms with Gasteiger partial charge in [-0.15, -0.1) is 0 Å². The molecule has 19 heavy (non-hydrogen) atoms. The quantitative estimate of drug-likeness (QED) is 0.629. The van der Waals surface area contributed by atoms with E-state index in [1.807, 2.05) is 12.1 Å². The Hall–Kier alpha value is -1.43. The molecule has 0 saturated heterocycles. The predicted octanol–water partition coefficient (Wildman–Crippen LogP) is 0.569. The summed E-state index contributed by atoms with van der Waals surface area (Å²) in [4.78, 5) is 11.1. The zero-order valence-electron chi connectivity index (χ0n) is 11.0. The fourth-order valence-electron chi connectivity index (χ4n) is 1.89. The molecule has 0 bridgehead atoms. The average molecular weight is 268 g/mol. The van der Waals surface area contributed by atoms with Crippen LogP contribution in [0.3, 0.4) is 0 Å². The molecule has 0 amide bonds. The lowest BCUT2D eigenvalue weighted by Crippen LogP contribution is -2.23. The number of aliphatic hydroxyl groups excluding tert-OH is 3. The highest BCUT2D eigenvalue weighted by Gasteiger charge is 2.23. The molecule has 0 aromatic heterocycles. The number of hydrogen-bond donors (Lipinski definition) is 3. The number of aliphatic hydroxyl groups is 3. The van der Waals surface area contributed by atoms with E-state index in [-0.39, 0.29) is 13.0 Å². The number of carbonyl (C=O) groups is 1. The van der Waals surface area contributed by atoms with Crippen molar-refractivity contribution in [3.05, 3.63) is 35.4 Å². The number of rotatable bonds is 7. The number of hydrogen-bond acceptors (Lipinski definition) is 5. The van der Waals surface area contributed by atoms with Crippen molar-refractivity contribution in [1.29, 1.82) is 0 Å². The minimum absolute atomic E-state index is 0.0646. The smallest absolute Gasteiger partial charge is 0.308 e. The van der Waals surface area contributed by atoms with Crippen molar-refractivity contribution < 1.29 is 24.9 Å². The maximum atomic E-state index is 11.1. The third-order valence-electron chi connectivity index (χ3n) is 2.95. The first-order valence-electron chi connectivity index (χ1n) is 6.21. The molecule has 0 radical (unpaired) electrons. The zero-order chi connectivity index (χ0) is 14.3.